The number of carbonyl (C=O) groups is 1. The molecule has 2 heterocycles. The molecule has 1 saturated carbocycles. The van der Waals surface area contributed by atoms with Crippen LogP contribution in [0.25, 0.3) is 0 Å². The molecular weight excluding hydrogens is 326 g/mol. The van der Waals surface area contributed by atoms with Crippen molar-refractivity contribution in [3.05, 3.63) is 11.4 Å². The van der Waals surface area contributed by atoms with Crippen molar-refractivity contribution in [2.45, 2.75) is 64.5 Å². The molecular formula is C17H30ClN5O. The molecule has 2 fully saturated rings. The molecule has 6 nitrogen and oxygen atoms in total. The van der Waals surface area contributed by atoms with Crippen LogP contribution in [0.4, 0.5) is 0 Å². The molecule has 3 rings (SSSR count). The van der Waals surface area contributed by atoms with Crippen LogP contribution < -0.4 is 5.32 Å². The fraction of sp³-hybridized carbons (Fsp3) is 0.824. The second-order valence-corrected chi connectivity index (χ2v) is 7.28. The highest BCUT2D eigenvalue weighted by atomic mass is 35.5. The van der Waals surface area contributed by atoms with Gasteiger partial charge in [-0.3, -0.25) is 4.79 Å². The van der Waals surface area contributed by atoms with Gasteiger partial charge in [0.05, 0.1) is 11.7 Å². The zero-order valence-corrected chi connectivity index (χ0v) is 15.8. The summed E-state index contributed by atoms with van der Waals surface area (Å²) in [6.07, 6.45) is 6.73. The average Bonchev–Trinajstić information content (AvgIpc) is 2.96. The fourth-order valence-electron chi connectivity index (χ4n) is 3.90. The molecule has 1 aromatic rings. The topological polar surface area (TPSA) is 63.1 Å². The predicted molar refractivity (Wildman–Crippen MR) is 96.7 cm³/mol. The molecule has 0 aromatic carbocycles. The van der Waals surface area contributed by atoms with Crippen LogP contribution in [-0.2, 0) is 0 Å². The quantitative estimate of drug-likeness (QED) is 0.905. The van der Waals surface area contributed by atoms with Crippen molar-refractivity contribution in [2.24, 2.45) is 5.92 Å². The number of carbonyl (C=O) groups excluding carboxylic acids is 1. The number of nitrogens with one attached hydrogen (secondary N) is 1. The number of aromatic nitrogens is 3. The van der Waals surface area contributed by atoms with Gasteiger partial charge in [0, 0.05) is 13.1 Å². The minimum atomic E-state index is 0. The van der Waals surface area contributed by atoms with Crippen molar-refractivity contribution in [1.82, 2.24) is 25.2 Å². The maximum Gasteiger partial charge on any atom is 0.276 e. The first-order chi connectivity index (χ1) is 11.1. The first-order valence-electron chi connectivity index (χ1n) is 8.97. The van der Waals surface area contributed by atoms with Crippen LogP contribution in [0.5, 0.6) is 0 Å². The van der Waals surface area contributed by atoms with Crippen molar-refractivity contribution < 1.29 is 4.79 Å². The third-order valence-corrected chi connectivity index (χ3v) is 5.64. The zero-order chi connectivity index (χ0) is 16.4. The van der Waals surface area contributed by atoms with Crippen molar-refractivity contribution in [1.29, 1.82) is 0 Å². The van der Waals surface area contributed by atoms with E-state index < -0.39 is 0 Å². The standard InChI is InChI=1S/C17H29N5O.ClH/c1-12-4-6-14(7-5-12)21(3)17(23)16-13(2)22(20-19-16)15-8-10-18-11-9-15;/h12,14-15,18H,4-11H2,1-3H3;1H. The molecule has 0 unspecified atom stereocenters. The summed E-state index contributed by atoms with van der Waals surface area (Å²) in [5, 5.41) is 11.9. The Morgan fingerprint density at radius 1 is 1.17 bits per heavy atom. The molecule has 2 aliphatic rings. The Labute approximate surface area is 150 Å². The highest BCUT2D eigenvalue weighted by Crippen LogP contribution is 2.28. The Hall–Kier alpha value is -1.14. The van der Waals surface area contributed by atoms with E-state index in [9.17, 15) is 4.79 Å². The van der Waals surface area contributed by atoms with E-state index in [2.05, 4.69) is 22.6 Å². The summed E-state index contributed by atoms with van der Waals surface area (Å²) in [7, 11) is 1.92. The number of halogens is 1. The maximum atomic E-state index is 12.8. The van der Waals surface area contributed by atoms with Gasteiger partial charge in [-0.1, -0.05) is 12.1 Å². The molecule has 1 amide bonds. The number of rotatable bonds is 3. The van der Waals surface area contributed by atoms with Crippen molar-refractivity contribution in [3.63, 3.8) is 0 Å². The lowest BCUT2D eigenvalue weighted by Gasteiger charge is -2.33. The van der Waals surface area contributed by atoms with Crippen molar-refractivity contribution in [3.8, 4) is 0 Å². The summed E-state index contributed by atoms with van der Waals surface area (Å²) in [6, 6.07) is 0.716. The Balaban J connectivity index is 0.00000208. The molecule has 1 aromatic heterocycles. The summed E-state index contributed by atoms with van der Waals surface area (Å²) >= 11 is 0. The monoisotopic (exact) mass is 355 g/mol. The Morgan fingerprint density at radius 3 is 2.42 bits per heavy atom. The molecule has 0 radical (unpaired) electrons. The normalized spacial score (nSPS) is 25.1. The van der Waals surface area contributed by atoms with Gasteiger partial charge < -0.3 is 10.2 Å². The van der Waals surface area contributed by atoms with Gasteiger partial charge >= 0.3 is 0 Å². The molecule has 1 saturated heterocycles. The zero-order valence-electron chi connectivity index (χ0n) is 15.0. The van der Waals surface area contributed by atoms with E-state index in [1.54, 1.807) is 0 Å². The molecule has 7 heteroatoms. The SMILES string of the molecule is Cc1c(C(=O)N(C)C2CCC(C)CC2)nnn1C1CCNCC1.Cl. The molecule has 1 aliphatic heterocycles. The van der Waals surface area contributed by atoms with Gasteiger partial charge in [0.25, 0.3) is 5.91 Å². The largest absolute Gasteiger partial charge is 0.337 e. The van der Waals surface area contributed by atoms with Gasteiger partial charge in [-0.15, -0.1) is 17.5 Å². The second kappa shape index (κ2) is 8.30. The van der Waals surface area contributed by atoms with Crippen LogP contribution in [0.15, 0.2) is 0 Å². The smallest absolute Gasteiger partial charge is 0.276 e. The molecule has 0 atom stereocenters. The van der Waals surface area contributed by atoms with Crippen molar-refractivity contribution in [2.75, 3.05) is 20.1 Å². The summed E-state index contributed by atoms with van der Waals surface area (Å²) in [4.78, 5) is 14.7. The van der Waals surface area contributed by atoms with Gasteiger partial charge in [0.2, 0.25) is 0 Å². The molecule has 136 valence electrons. The molecule has 24 heavy (non-hydrogen) atoms. The van der Waals surface area contributed by atoms with Crippen LogP contribution in [-0.4, -0.2) is 52.0 Å². The lowest BCUT2D eigenvalue weighted by molar-refractivity contribution is 0.0672. The third-order valence-electron chi connectivity index (χ3n) is 5.64. The summed E-state index contributed by atoms with van der Waals surface area (Å²) in [5.41, 5.74) is 1.45. The van der Waals surface area contributed by atoms with E-state index in [0.717, 1.165) is 50.4 Å². The number of hydrogen-bond donors (Lipinski definition) is 1. The van der Waals surface area contributed by atoms with Crippen LogP contribution in [0.2, 0.25) is 0 Å². The molecule has 0 spiro atoms. The predicted octanol–water partition coefficient (Wildman–Crippen LogP) is 2.58. The van der Waals surface area contributed by atoms with E-state index in [1.165, 1.54) is 12.8 Å². The van der Waals surface area contributed by atoms with Crippen molar-refractivity contribution >= 4 is 18.3 Å². The second-order valence-electron chi connectivity index (χ2n) is 7.28. The van der Waals surface area contributed by atoms with E-state index in [4.69, 9.17) is 0 Å². The fourth-order valence-corrected chi connectivity index (χ4v) is 3.90. The minimum absolute atomic E-state index is 0. The third kappa shape index (κ3) is 3.91. The lowest BCUT2D eigenvalue weighted by atomic mass is 9.86. The number of piperidine rings is 1. The van der Waals surface area contributed by atoms with Gasteiger partial charge in [0.15, 0.2) is 5.69 Å². The van der Waals surface area contributed by atoms with Gasteiger partial charge in [-0.25, -0.2) is 4.68 Å². The first kappa shape index (κ1) is 19.2. The van der Waals surface area contributed by atoms with Crippen LogP contribution in [0, 0.1) is 12.8 Å². The summed E-state index contributed by atoms with van der Waals surface area (Å²) in [6.45, 7) is 6.29. The molecule has 1 aliphatic carbocycles. The number of amides is 1. The van der Waals surface area contributed by atoms with E-state index in [-0.39, 0.29) is 18.3 Å². The number of hydrogen-bond acceptors (Lipinski definition) is 4. The Bertz CT molecular complexity index is 547. The Kier molecular flexibility index (Phi) is 6.63. The average molecular weight is 356 g/mol. The number of nitrogens with zero attached hydrogens (tertiary/aromatic N) is 4. The van der Waals surface area contributed by atoms with E-state index in [0.29, 0.717) is 17.8 Å². The molecule has 1 N–H and O–H groups in total. The van der Waals surface area contributed by atoms with Crippen LogP contribution in [0.3, 0.4) is 0 Å². The van der Waals surface area contributed by atoms with E-state index in [1.807, 2.05) is 23.6 Å². The molecule has 0 bridgehead atoms. The Morgan fingerprint density at radius 2 is 1.79 bits per heavy atom. The van der Waals surface area contributed by atoms with Gasteiger partial charge in [-0.05, 0) is 64.5 Å². The van der Waals surface area contributed by atoms with Crippen LogP contribution >= 0.6 is 12.4 Å². The lowest BCUT2D eigenvalue weighted by Crippen LogP contribution is -2.39. The van der Waals surface area contributed by atoms with E-state index >= 15 is 0 Å². The van der Waals surface area contributed by atoms with Gasteiger partial charge in [-0.2, -0.15) is 0 Å². The summed E-state index contributed by atoms with van der Waals surface area (Å²) < 4.78 is 1.96. The summed E-state index contributed by atoms with van der Waals surface area (Å²) in [5.74, 6) is 0.819. The van der Waals surface area contributed by atoms with Crippen LogP contribution in [0.1, 0.15) is 67.7 Å². The maximum absolute atomic E-state index is 12.8. The van der Waals surface area contributed by atoms with Gasteiger partial charge in [0.1, 0.15) is 0 Å². The first-order valence-corrected chi connectivity index (χ1v) is 8.97. The minimum Gasteiger partial charge on any atom is -0.337 e. The highest BCUT2D eigenvalue weighted by Gasteiger charge is 2.29. The highest BCUT2D eigenvalue weighted by molar-refractivity contribution is 5.93.